The second-order valence-electron chi connectivity index (χ2n) is 5.76. The first-order valence-electron chi connectivity index (χ1n) is 7.92. The third kappa shape index (κ3) is 3.98. The number of piperidine rings is 1. The Morgan fingerprint density at radius 2 is 2.08 bits per heavy atom. The number of likely N-dealkylation sites (tertiary alicyclic amines) is 1. The highest BCUT2D eigenvalue weighted by Crippen LogP contribution is 2.28. The number of hydrogen-bond acceptors (Lipinski definition) is 5. The highest BCUT2D eigenvalue weighted by Gasteiger charge is 2.23. The number of carbonyl (C=O) groups is 1. The third-order valence-corrected chi connectivity index (χ3v) is 5.01. The molecule has 0 amide bonds. The van der Waals surface area contributed by atoms with Gasteiger partial charge in [-0.05, 0) is 38.1 Å². The molecule has 1 aliphatic rings. The predicted molar refractivity (Wildman–Crippen MR) is 94.2 cm³/mol. The summed E-state index contributed by atoms with van der Waals surface area (Å²) in [6.07, 6.45) is 4.34. The molecule has 3 aromatic rings. The van der Waals surface area contributed by atoms with E-state index in [-0.39, 0.29) is 6.47 Å². The van der Waals surface area contributed by atoms with E-state index >= 15 is 0 Å². The molecular formula is C17H20N4O2S. The summed E-state index contributed by atoms with van der Waals surface area (Å²) in [5, 5.41) is 6.89. The molecule has 0 spiro atoms. The zero-order valence-corrected chi connectivity index (χ0v) is 14.1. The van der Waals surface area contributed by atoms with Crippen LogP contribution in [-0.4, -0.2) is 44.5 Å². The normalized spacial score (nSPS) is 15.8. The Morgan fingerprint density at radius 3 is 2.75 bits per heavy atom. The van der Waals surface area contributed by atoms with Gasteiger partial charge in [-0.25, -0.2) is 4.98 Å². The van der Waals surface area contributed by atoms with Crippen molar-refractivity contribution in [2.24, 2.45) is 0 Å². The van der Waals surface area contributed by atoms with Gasteiger partial charge in [-0.2, -0.15) is 0 Å². The highest BCUT2D eigenvalue weighted by molar-refractivity contribution is 7.09. The van der Waals surface area contributed by atoms with Crippen molar-refractivity contribution in [1.29, 1.82) is 0 Å². The van der Waals surface area contributed by atoms with E-state index in [4.69, 9.17) is 14.9 Å². The first-order chi connectivity index (χ1) is 11.8. The van der Waals surface area contributed by atoms with E-state index in [2.05, 4.69) is 33.1 Å². The van der Waals surface area contributed by atoms with Crippen LogP contribution in [0.5, 0.6) is 0 Å². The summed E-state index contributed by atoms with van der Waals surface area (Å²) < 4.78 is 0. The standard InChI is InChI=1S/C16H18N4S.CH2O2/c1-2-4-15-14(3-1)18-16(19-15)12-5-7-20(8-6-12)10-13-9-17-11-21-13;2-1-3/h1-4,9,11-12H,5-8,10H2,(H,18,19);1H,(H,2,3). The quantitative estimate of drug-likeness (QED) is 0.714. The average Bonchev–Trinajstić information content (AvgIpc) is 3.25. The van der Waals surface area contributed by atoms with Crippen LogP contribution in [0.15, 0.2) is 36.0 Å². The molecule has 0 radical (unpaired) electrons. The largest absolute Gasteiger partial charge is 0.483 e. The van der Waals surface area contributed by atoms with Crippen LogP contribution in [0.4, 0.5) is 0 Å². The van der Waals surface area contributed by atoms with Gasteiger partial charge in [0, 0.05) is 23.5 Å². The fourth-order valence-electron chi connectivity index (χ4n) is 3.07. The lowest BCUT2D eigenvalue weighted by molar-refractivity contribution is -0.122. The van der Waals surface area contributed by atoms with Gasteiger partial charge in [0.1, 0.15) is 5.82 Å². The molecule has 1 aliphatic heterocycles. The topological polar surface area (TPSA) is 82.1 Å². The number of para-hydroxylation sites is 2. The number of rotatable bonds is 3. The molecule has 6 nitrogen and oxygen atoms in total. The molecule has 2 N–H and O–H groups in total. The van der Waals surface area contributed by atoms with Gasteiger partial charge < -0.3 is 10.1 Å². The Labute approximate surface area is 144 Å². The molecule has 1 saturated heterocycles. The summed E-state index contributed by atoms with van der Waals surface area (Å²) in [6.45, 7) is 3.07. The number of fused-ring (bicyclic) bond motifs is 1. The molecule has 0 saturated carbocycles. The lowest BCUT2D eigenvalue weighted by atomic mass is 9.96. The fraction of sp³-hybridized carbons (Fsp3) is 0.353. The lowest BCUT2D eigenvalue weighted by Crippen LogP contribution is -2.32. The van der Waals surface area contributed by atoms with Crippen LogP contribution in [0.25, 0.3) is 11.0 Å². The van der Waals surface area contributed by atoms with Crippen molar-refractivity contribution >= 4 is 28.8 Å². The fourth-order valence-corrected chi connectivity index (χ4v) is 3.71. The summed E-state index contributed by atoms with van der Waals surface area (Å²) in [5.74, 6) is 1.73. The first-order valence-corrected chi connectivity index (χ1v) is 8.80. The van der Waals surface area contributed by atoms with Gasteiger partial charge in [0.15, 0.2) is 0 Å². The molecule has 24 heavy (non-hydrogen) atoms. The van der Waals surface area contributed by atoms with Crippen molar-refractivity contribution in [1.82, 2.24) is 19.9 Å². The smallest absolute Gasteiger partial charge is 0.290 e. The van der Waals surface area contributed by atoms with Gasteiger partial charge in [0.25, 0.3) is 6.47 Å². The van der Waals surface area contributed by atoms with Gasteiger partial charge in [-0.1, -0.05) is 12.1 Å². The van der Waals surface area contributed by atoms with Gasteiger partial charge in [-0.3, -0.25) is 14.7 Å². The van der Waals surface area contributed by atoms with Crippen LogP contribution in [0.3, 0.4) is 0 Å². The van der Waals surface area contributed by atoms with Crippen LogP contribution >= 0.6 is 11.3 Å². The molecule has 2 aromatic heterocycles. The zero-order chi connectivity index (χ0) is 16.8. The van der Waals surface area contributed by atoms with Crippen molar-refractivity contribution in [3.05, 3.63) is 46.7 Å². The maximum atomic E-state index is 8.36. The summed E-state index contributed by atoms with van der Waals surface area (Å²) >= 11 is 1.75. The summed E-state index contributed by atoms with van der Waals surface area (Å²) in [5.41, 5.74) is 4.15. The molecule has 4 rings (SSSR count). The number of aromatic amines is 1. The van der Waals surface area contributed by atoms with E-state index in [9.17, 15) is 0 Å². The van der Waals surface area contributed by atoms with E-state index in [1.54, 1.807) is 11.3 Å². The monoisotopic (exact) mass is 344 g/mol. The van der Waals surface area contributed by atoms with E-state index in [0.717, 1.165) is 36.5 Å². The summed E-state index contributed by atoms with van der Waals surface area (Å²) in [6, 6.07) is 8.28. The van der Waals surface area contributed by atoms with Crippen molar-refractivity contribution in [2.75, 3.05) is 13.1 Å². The molecule has 0 unspecified atom stereocenters. The molecule has 126 valence electrons. The maximum Gasteiger partial charge on any atom is 0.290 e. The van der Waals surface area contributed by atoms with E-state index in [1.807, 2.05) is 17.8 Å². The average molecular weight is 344 g/mol. The van der Waals surface area contributed by atoms with Crippen molar-refractivity contribution in [3.8, 4) is 0 Å². The maximum absolute atomic E-state index is 8.36. The second kappa shape index (κ2) is 8.03. The number of carboxylic acid groups (broad SMARTS) is 1. The van der Waals surface area contributed by atoms with Gasteiger partial charge >= 0.3 is 0 Å². The van der Waals surface area contributed by atoms with Crippen molar-refractivity contribution in [3.63, 3.8) is 0 Å². The number of nitrogens with zero attached hydrogens (tertiary/aromatic N) is 3. The molecule has 0 atom stereocenters. The van der Waals surface area contributed by atoms with Crippen LogP contribution < -0.4 is 0 Å². The number of benzene rings is 1. The molecule has 0 aliphatic carbocycles. The number of aromatic nitrogens is 3. The first kappa shape index (κ1) is 16.6. The van der Waals surface area contributed by atoms with Crippen molar-refractivity contribution < 1.29 is 9.90 Å². The molecule has 1 fully saturated rings. The molecular weight excluding hydrogens is 324 g/mol. The zero-order valence-electron chi connectivity index (χ0n) is 13.3. The van der Waals surface area contributed by atoms with Crippen molar-refractivity contribution in [2.45, 2.75) is 25.3 Å². The van der Waals surface area contributed by atoms with E-state index in [1.165, 1.54) is 17.7 Å². The molecule has 3 heterocycles. The number of hydrogen-bond donors (Lipinski definition) is 2. The minimum Gasteiger partial charge on any atom is -0.483 e. The number of imidazole rings is 1. The summed E-state index contributed by atoms with van der Waals surface area (Å²) in [7, 11) is 0. The van der Waals surface area contributed by atoms with Gasteiger partial charge in [0.2, 0.25) is 0 Å². The molecule has 1 aromatic carbocycles. The minimum atomic E-state index is -0.250. The van der Waals surface area contributed by atoms with E-state index in [0.29, 0.717) is 5.92 Å². The Bertz CT molecular complexity index is 731. The third-order valence-electron chi connectivity index (χ3n) is 4.24. The van der Waals surface area contributed by atoms with Crippen LogP contribution in [0.1, 0.15) is 29.5 Å². The molecule has 7 heteroatoms. The Morgan fingerprint density at radius 1 is 1.33 bits per heavy atom. The lowest BCUT2D eigenvalue weighted by Gasteiger charge is -2.30. The van der Waals surface area contributed by atoms with Crippen LogP contribution in [0, 0.1) is 0 Å². The SMILES string of the molecule is O=CO.c1ccc2[nH]c(C3CCN(Cc4cncs4)CC3)nc2c1. The Hall–Kier alpha value is -2.25. The van der Waals surface area contributed by atoms with Crippen LogP contribution in [0.2, 0.25) is 0 Å². The van der Waals surface area contributed by atoms with Crippen LogP contribution in [-0.2, 0) is 11.3 Å². The van der Waals surface area contributed by atoms with Gasteiger partial charge in [0.05, 0.1) is 16.5 Å². The Kier molecular flexibility index (Phi) is 5.55. The highest BCUT2D eigenvalue weighted by atomic mass is 32.1. The van der Waals surface area contributed by atoms with E-state index < -0.39 is 0 Å². The number of thiazole rings is 1. The number of H-pyrrole nitrogens is 1. The number of nitrogens with one attached hydrogen (secondary N) is 1. The summed E-state index contributed by atoms with van der Waals surface area (Å²) in [4.78, 5) is 24.6. The second-order valence-corrected chi connectivity index (χ2v) is 6.73. The predicted octanol–water partition coefficient (Wildman–Crippen LogP) is 3.10. The van der Waals surface area contributed by atoms with Gasteiger partial charge in [-0.15, -0.1) is 11.3 Å². The minimum absolute atomic E-state index is 0.250. The Balaban J connectivity index is 0.000000526. The molecule has 0 bridgehead atoms.